The van der Waals surface area contributed by atoms with Crippen LogP contribution in [0.3, 0.4) is 0 Å². The van der Waals surface area contributed by atoms with E-state index in [4.69, 9.17) is 5.41 Å². The summed E-state index contributed by atoms with van der Waals surface area (Å²) in [6.45, 7) is 0.638. The lowest BCUT2D eigenvalue weighted by Gasteiger charge is -1.81. The van der Waals surface area contributed by atoms with Crippen molar-refractivity contribution in [2.75, 3.05) is 6.61 Å². The highest BCUT2D eigenvalue weighted by molar-refractivity contribution is 5.71. The molecule has 5 nitrogen and oxygen atoms in total. The lowest BCUT2D eigenvalue weighted by Crippen LogP contribution is -2.20. The highest BCUT2D eigenvalue weighted by atomic mass is 16.5. The first-order valence-corrected chi connectivity index (χ1v) is 2.88. The Morgan fingerprint density at radius 2 is 2.10 bits per heavy atom. The van der Waals surface area contributed by atoms with Crippen molar-refractivity contribution in [1.29, 1.82) is 5.41 Å². The molecular formula is C5H11N3O2. The van der Waals surface area contributed by atoms with Crippen LogP contribution in [-0.2, 0) is 9.53 Å². The van der Waals surface area contributed by atoms with Crippen LogP contribution in [0.5, 0.6) is 0 Å². The fourth-order valence-corrected chi connectivity index (χ4v) is 0.475. The van der Waals surface area contributed by atoms with Crippen molar-refractivity contribution in [2.45, 2.75) is 12.8 Å². The van der Waals surface area contributed by atoms with Crippen molar-refractivity contribution >= 4 is 11.9 Å². The summed E-state index contributed by atoms with van der Waals surface area (Å²) >= 11 is 0. The van der Waals surface area contributed by atoms with E-state index in [1.54, 1.807) is 0 Å². The van der Waals surface area contributed by atoms with Crippen LogP contribution >= 0.6 is 0 Å². The van der Waals surface area contributed by atoms with Gasteiger partial charge in [-0.3, -0.25) is 10.2 Å². The molecule has 1 aliphatic heterocycles. The van der Waals surface area contributed by atoms with Crippen LogP contribution in [0.1, 0.15) is 12.8 Å². The minimum Gasteiger partial charge on any atom is -0.466 e. The number of nitrogens with two attached hydrogens (primary N) is 2. The molecular weight excluding hydrogens is 134 g/mol. The van der Waals surface area contributed by atoms with E-state index in [-0.39, 0.29) is 11.9 Å². The first-order valence-electron chi connectivity index (χ1n) is 2.88. The van der Waals surface area contributed by atoms with Gasteiger partial charge in [-0.2, -0.15) is 0 Å². The fourth-order valence-electron chi connectivity index (χ4n) is 0.475. The highest BCUT2D eigenvalue weighted by Gasteiger charge is 2.08. The van der Waals surface area contributed by atoms with Gasteiger partial charge >= 0.3 is 5.97 Å². The summed E-state index contributed by atoms with van der Waals surface area (Å²) in [5.41, 5.74) is 8.94. The zero-order chi connectivity index (χ0) is 7.98. The van der Waals surface area contributed by atoms with E-state index < -0.39 is 0 Å². The first-order chi connectivity index (χ1) is 4.63. The van der Waals surface area contributed by atoms with E-state index in [1.807, 2.05) is 0 Å². The van der Waals surface area contributed by atoms with Gasteiger partial charge in [0, 0.05) is 6.42 Å². The number of carbonyl (C=O) groups excluding carboxylic acids is 1. The summed E-state index contributed by atoms with van der Waals surface area (Å²) < 4.78 is 4.51. The fraction of sp³-hybridized carbons (Fsp3) is 0.600. The lowest BCUT2D eigenvalue weighted by atomic mass is 10.4. The SMILES string of the molecule is N=C(N)N.O=C1CCCO1. The second-order valence-electron chi connectivity index (χ2n) is 1.78. The van der Waals surface area contributed by atoms with Gasteiger partial charge < -0.3 is 16.2 Å². The summed E-state index contributed by atoms with van der Waals surface area (Å²) in [6, 6.07) is 0. The number of rotatable bonds is 0. The molecule has 0 bridgehead atoms. The molecule has 0 aromatic carbocycles. The number of carbonyl (C=O) groups is 1. The van der Waals surface area contributed by atoms with Gasteiger partial charge in [0.15, 0.2) is 5.96 Å². The molecule has 5 heteroatoms. The Balaban J connectivity index is 0.000000180. The number of hydrogen-bond donors (Lipinski definition) is 3. The standard InChI is InChI=1S/C4H6O2.CH5N3/c5-4-2-1-3-6-4;2-1(3)4/h1-3H2;(H5,2,3,4). The Labute approximate surface area is 58.8 Å². The van der Waals surface area contributed by atoms with Gasteiger partial charge in [-0.15, -0.1) is 0 Å². The van der Waals surface area contributed by atoms with E-state index in [0.29, 0.717) is 13.0 Å². The van der Waals surface area contributed by atoms with E-state index in [9.17, 15) is 4.79 Å². The minimum absolute atomic E-state index is 0.0463. The normalized spacial score (nSPS) is 15.0. The molecule has 1 fully saturated rings. The third-order valence-electron chi connectivity index (χ3n) is 0.788. The molecule has 0 aromatic heterocycles. The second kappa shape index (κ2) is 4.60. The van der Waals surface area contributed by atoms with E-state index >= 15 is 0 Å². The number of ether oxygens (including phenoxy) is 1. The molecule has 1 heterocycles. The van der Waals surface area contributed by atoms with Crippen molar-refractivity contribution in [3.63, 3.8) is 0 Å². The molecule has 10 heavy (non-hydrogen) atoms. The third-order valence-corrected chi connectivity index (χ3v) is 0.788. The molecule has 0 amide bonds. The van der Waals surface area contributed by atoms with Crippen molar-refractivity contribution < 1.29 is 9.53 Å². The van der Waals surface area contributed by atoms with E-state index in [0.717, 1.165) is 6.42 Å². The summed E-state index contributed by atoms with van der Waals surface area (Å²) in [5, 5.41) is 6.06. The number of esters is 1. The summed E-state index contributed by atoms with van der Waals surface area (Å²) in [7, 11) is 0. The van der Waals surface area contributed by atoms with Crippen LogP contribution in [0.15, 0.2) is 0 Å². The zero-order valence-corrected chi connectivity index (χ0v) is 5.59. The van der Waals surface area contributed by atoms with Gasteiger partial charge in [0.05, 0.1) is 6.61 Å². The minimum atomic E-state index is -0.333. The van der Waals surface area contributed by atoms with E-state index in [1.165, 1.54) is 0 Å². The predicted octanol–water partition coefficient (Wildman–Crippen LogP) is -0.838. The molecule has 0 unspecified atom stereocenters. The van der Waals surface area contributed by atoms with Crippen LogP contribution < -0.4 is 11.5 Å². The van der Waals surface area contributed by atoms with Gasteiger partial charge in [0.1, 0.15) is 0 Å². The molecule has 1 saturated heterocycles. The molecule has 0 aliphatic carbocycles. The Kier molecular flexibility index (Phi) is 4.02. The molecule has 0 aromatic rings. The Morgan fingerprint density at radius 3 is 2.20 bits per heavy atom. The second-order valence-corrected chi connectivity index (χ2v) is 1.78. The maximum absolute atomic E-state index is 10.0. The molecule has 0 spiro atoms. The zero-order valence-electron chi connectivity index (χ0n) is 5.59. The third kappa shape index (κ3) is 6.74. The molecule has 0 radical (unpaired) electrons. The van der Waals surface area contributed by atoms with Gasteiger partial charge in [-0.05, 0) is 6.42 Å². The summed E-state index contributed by atoms with van der Waals surface area (Å²) in [5.74, 6) is -0.380. The maximum Gasteiger partial charge on any atom is 0.305 e. The monoisotopic (exact) mass is 145 g/mol. The molecule has 0 saturated carbocycles. The molecule has 5 N–H and O–H groups in total. The maximum atomic E-state index is 10.0. The van der Waals surface area contributed by atoms with Crippen LogP contribution in [0.25, 0.3) is 0 Å². The predicted molar refractivity (Wildman–Crippen MR) is 36.3 cm³/mol. The number of nitrogens with one attached hydrogen (secondary N) is 1. The lowest BCUT2D eigenvalue weighted by molar-refractivity contribution is -0.137. The highest BCUT2D eigenvalue weighted by Crippen LogP contribution is 2.01. The van der Waals surface area contributed by atoms with Crippen molar-refractivity contribution in [2.24, 2.45) is 11.5 Å². The van der Waals surface area contributed by atoms with Crippen LogP contribution in [0.2, 0.25) is 0 Å². The summed E-state index contributed by atoms with van der Waals surface area (Å²) in [4.78, 5) is 10.0. The van der Waals surface area contributed by atoms with Gasteiger partial charge in [-0.25, -0.2) is 0 Å². The van der Waals surface area contributed by atoms with Crippen molar-refractivity contribution in [3.05, 3.63) is 0 Å². The van der Waals surface area contributed by atoms with Gasteiger partial charge in [0.2, 0.25) is 0 Å². The average molecular weight is 145 g/mol. The Morgan fingerprint density at radius 1 is 1.60 bits per heavy atom. The van der Waals surface area contributed by atoms with E-state index in [2.05, 4.69) is 16.2 Å². The molecule has 1 rings (SSSR count). The number of hydrogen-bond acceptors (Lipinski definition) is 3. The molecule has 1 aliphatic rings. The molecule has 0 atom stereocenters. The average Bonchev–Trinajstić information content (AvgIpc) is 2.15. The largest absolute Gasteiger partial charge is 0.466 e. The smallest absolute Gasteiger partial charge is 0.305 e. The number of guanidine groups is 1. The Bertz CT molecular complexity index is 123. The number of cyclic esters (lactones) is 1. The van der Waals surface area contributed by atoms with Crippen LogP contribution in [0, 0.1) is 5.41 Å². The van der Waals surface area contributed by atoms with Crippen LogP contribution in [0.4, 0.5) is 0 Å². The van der Waals surface area contributed by atoms with Gasteiger partial charge in [0.25, 0.3) is 0 Å². The quantitative estimate of drug-likeness (QED) is 0.235. The topological polar surface area (TPSA) is 102 Å². The summed E-state index contributed by atoms with van der Waals surface area (Å²) in [6.07, 6.45) is 1.54. The van der Waals surface area contributed by atoms with Crippen molar-refractivity contribution in [1.82, 2.24) is 0 Å². The molecule has 58 valence electrons. The van der Waals surface area contributed by atoms with Gasteiger partial charge in [-0.1, -0.05) is 0 Å². The first kappa shape index (κ1) is 8.74. The van der Waals surface area contributed by atoms with Crippen LogP contribution in [-0.4, -0.2) is 18.5 Å². The Hall–Kier alpha value is -1.26. The van der Waals surface area contributed by atoms with Crippen molar-refractivity contribution in [3.8, 4) is 0 Å².